The average Bonchev–Trinajstić information content (AvgIpc) is 2.75. The molecular formula is C14H21N3O2S2. The van der Waals surface area contributed by atoms with E-state index in [-0.39, 0.29) is 21.5 Å². The number of thiophene rings is 1. The molecule has 1 aliphatic carbocycles. The summed E-state index contributed by atoms with van der Waals surface area (Å²) in [7, 11) is -3.45. The second-order valence-electron chi connectivity index (χ2n) is 5.66. The molecular weight excluding hydrogens is 306 g/mol. The highest BCUT2D eigenvalue weighted by atomic mass is 32.2. The Labute approximate surface area is 130 Å². The number of nitriles is 1. The van der Waals surface area contributed by atoms with Gasteiger partial charge >= 0.3 is 0 Å². The second-order valence-corrected chi connectivity index (χ2v) is 8.63. The van der Waals surface area contributed by atoms with Crippen molar-refractivity contribution < 1.29 is 8.42 Å². The predicted molar refractivity (Wildman–Crippen MR) is 86.2 cm³/mol. The lowest BCUT2D eigenvalue weighted by molar-refractivity contribution is 0.330. The maximum Gasteiger partial charge on any atom is 0.180 e. The fourth-order valence-corrected chi connectivity index (χ4v) is 5.31. The second kappa shape index (κ2) is 6.24. The molecule has 7 heteroatoms. The predicted octanol–water partition coefficient (Wildman–Crippen LogP) is 2.99. The number of nitrogen functional groups attached to an aromatic ring is 1. The summed E-state index contributed by atoms with van der Waals surface area (Å²) < 4.78 is 23.8. The molecule has 21 heavy (non-hydrogen) atoms. The number of hydrogen-bond donors (Lipinski definition) is 2. The van der Waals surface area contributed by atoms with E-state index in [4.69, 9.17) is 11.0 Å². The van der Waals surface area contributed by atoms with Crippen molar-refractivity contribution >= 4 is 31.9 Å². The minimum atomic E-state index is -3.45. The first-order valence-electron chi connectivity index (χ1n) is 7.15. The Kier molecular flexibility index (Phi) is 4.79. The summed E-state index contributed by atoms with van der Waals surface area (Å²) in [5, 5.41) is 12.9. The number of nitrogens with two attached hydrogens (primary N) is 1. The summed E-state index contributed by atoms with van der Waals surface area (Å²) in [5.41, 5.74) is 5.90. The standard InChI is InChI=1S/C14H21N3O2S2/c1-3-9-4-6-10(7-5-9)17-14-13(21(2,18)19)12(16)11(8-15)20-14/h9-10,17H,3-7,16H2,1-2H3. The maximum atomic E-state index is 11.9. The molecule has 0 unspecified atom stereocenters. The van der Waals surface area contributed by atoms with Crippen molar-refractivity contribution in [2.24, 2.45) is 5.92 Å². The van der Waals surface area contributed by atoms with Gasteiger partial charge in [0.05, 0.1) is 5.69 Å². The molecule has 0 bridgehead atoms. The first-order valence-corrected chi connectivity index (χ1v) is 9.86. The zero-order chi connectivity index (χ0) is 15.6. The van der Waals surface area contributed by atoms with Gasteiger partial charge in [-0.15, -0.1) is 11.3 Å². The van der Waals surface area contributed by atoms with Crippen LogP contribution in [0.25, 0.3) is 0 Å². The number of hydrogen-bond acceptors (Lipinski definition) is 6. The molecule has 0 radical (unpaired) electrons. The molecule has 5 nitrogen and oxygen atoms in total. The fraction of sp³-hybridized carbons (Fsp3) is 0.643. The molecule has 0 aromatic carbocycles. The molecule has 1 aliphatic rings. The molecule has 0 saturated heterocycles. The van der Waals surface area contributed by atoms with Gasteiger partial charge in [0, 0.05) is 12.3 Å². The minimum Gasteiger partial charge on any atom is -0.396 e. The highest BCUT2D eigenvalue weighted by molar-refractivity contribution is 7.91. The molecule has 0 aliphatic heterocycles. The van der Waals surface area contributed by atoms with Crippen LogP contribution in [0.1, 0.15) is 43.9 Å². The van der Waals surface area contributed by atoms with Crippen molar-refractivity contribution in [3.8, 4) is 6.07 Å². The summed E-state index contributed by atoms with van der Waals surface area (Å²) in [6.45, 7) is 2.21. The lowest BCUT2D eigenvalue weighted by atomic mass is 9.84. The SMILES string of the molecule is CCC1CCC(Nc2sc(C#N)c(N)c2S(C)(=O)=O)CC1. The maximum absolute atomic E-state index is 11.9. The van der Waals surface area contributed by atoms with E-state index in [0.29, 0.717) is 5.00 Å². The Balaban J connectivity index is 2.23. The van der Waals surface area contributed by atoms with E-state index in [2.05, 4.69) is 12.2 Å². The zero-order valence-corrected chi connectivity index (χ0v) is 14.0. The monoisotopic (exact) mass is 327 g/mol. The third-order valence-corrected chi connectivity index (χ3v) is 6.47. The summed E-state index contributed by atoms with van der Waals surface area (Å²) in [6.07, 6.45) is 6.71. The van der Waals surface area contributed by atoms with Gasteiger partial charge in [-0.25, -0.2) is 8.42 Å². The fourth-order valence-electron chi connectivity index (χ4n) is 2.88. The smallest absolute Gasteiger partial charge is 0.180 e. The van der Waals surface area contributed by atoms with Gasteiger partial charge in [0.2, 0.25) is 0 Å². The first-order chi connectivity index (χ1) is 9.86. The number of sulfone groups is 1. The Morgan fingerprint density at radius 3 is 2.48 bits per heavy atom. The molecule has 0 amide bonds. The van der Waals surface area contributed by atoms with Crippen LogP contribution in [-0.4, -0.2) is 20.7 Å². The topological polar surface area (TPSA) is 96.0 Å². The van der Waals surface area contributed by atoms with Crippen LogP contribution in [0.3, 0.4) is 0 Å². The highest BCUT2D eigenvalue weighted by Crippen LogP contribution is 2.40. The summed E-state index contributed by atoms with van der Waals surface area (Å²) in [6, 6.07) is 2.23. The Hall–Kier alpha value is -1.26. The van der Waals surface area contributed by atoms with Gasteiger partial charge in [0.1, 0.15) is 20.8 Å². The van der Waals surface area contributed by atoms with Crippen LogP contribution in [0, 0.1) is 17.2 Å². The van der Waals surface area contributed by atoms with Crippen LogP contribution in [0.4, 0.5) is 10.7 Å². The molecule has 0 atom stereocenters. The van der Waals surface area contributed by atoms with Gasteiger partial charge in [-0.1, -0.05) is 13.3 Å². The van der Waals surface area contributed by atoms with Gasteiger partial charge in [-0.3, -0.25) is 0 Å². The van der Waals surface area contributed by atoms with E-state index in [0.717, 1.165) is 49.2 Å². The number of nitrogens with one attached hydrogen (secondary N) is 1. The summed E-state index contributed by atoms with van der Waals surface area (Å²) in [5.74, 6) is 0.778. The van der Waals surface area contributed by atoms with Crippen LogP contribution < -0.4 is 11.1 Å². The normalized spacial score (nSPS) is 22.7. The van der Waals surface area contributed by atoms with Gasteiger partial charge in [-0.2, -0.15) is 5.26 Å². The number of nitrogens with zero attached hydrogens (tertiary/aromatic N) is 1. The third-order valence-electron chi connectivity index (χ3n) is 4.13. The van der Waals surface area contributed by atoms with Crippen molar-refractivity contribution in [3.05, 3.63) is 4.88 Å². The zero-order valence-electron chi connectivity index (χ0n) is 12.3. The van der Waals surface area contributed by atoms with Crippen LogP contribution in [0.5, 0.6) is 0 Å². The molecule has 3 N–H and O–H groups in total. The molecule has 1 aromatic heterocycles. The van der Waals surface area contributed by atoms with Crippen molar-refractivity contribution in [2.75, 3.05) is 17.3 Å². The van der Waals surface area contributed by atoms with E-state index in [9.17, 15) is 8.42 Å². The van der Waals surface area contributed by atoms with Crippen molar-refractivity contribution in [3.63, 3.8) is 0 Å². The molecule has 1 fully saturated rings. The lowest BCUT2D eigenvalue weighted by Crippen LogP contribution is -2.26. The largest absolute Gasteiger partial charge is 0.396 e. The molecule has 116 valence electrons. The van der Waals surface area contributed by atoms with Crippen molar-refractivity contribution in [1.82, 2.24) is 0 Å². The van der Waals surface area contributed by atoms with Gasteiger partial charge in [0.15, 0.2) is 9.84 Å². The molecule has 0 spiro atoms. The van der Waals surface area contributed by atoms with Gasteiger partial charge < -0.3 is 11.1 Å². The highest BCUT2D eigenvalue weighted by Gasteiger charge is 2.27. The van der Waals surface area contributed by atoms with E-state index in [1.165, 1.54) is 6.42 Å². The Bertz CT molecular complexity index is 650. The van der Waals surface area contributed by atoms with E-state index in [1.54, 1.807) is 0 Å². The van der Waals surface area contributed by atoms with E-state index < -0.39 is 9.84 Å². The van der Waals surface area contributed by atoms with Crippen LogP contribution in [0.2, 0.25) is 0 Å². The van der Waals surface area contributed by atoms with Gasteiger partial charge in [-0.05, 0) is 31.6 Å². The van der Waals surface area contributed by atoms with Crippen LogP contribution in [0.15, 0.2) is 4.90 Å². The third kappa shape index (κ3) is 3.50. The minimum absolute atomic E-state index is 0.0785. The summed E-state index contributed by atoms with van der Waals surface area (Å²) in [4.78, 5) is 0.349. The lowest BCUT2D eigenvalue weighted by Gasteiger charge is -2.28. The van der Waals surface area contributed by atoms with E-state index >= 15 is 0 Å². The number of rotatable bonds is 4. The Morgan fingerprint density at radius 1 is 1.38 bits per heavy atom. The first kappa shape index (κ1) is 16.1. The van der Waals surface area contributed by atoms with Crippen LogP contribution in [-0.2, 0) is 9.84 Å². The van der Waals surface area contributed by atoms with E-state index in [1.807, 2.05) is 6.07 Å². The molecule has 1 saturated carbocycles. The summed E-state index contributed by atoms with van der Waals surface area (Å²) >= 11 is 1.14. The average molecular weight is 327 g/mol. The Morgan fingerprint density at radius 2 is 2.00 bits per heavy atom. The quantitative estimate of drug-likeness (QED) is 0.886. The van der Waals surface area contributed by atoms with Crippen molar-refractivity contribution in [1.29, 1.82) is 5.26 Å². The molecule has 1 heterocycles. The number of anilines is 2. The van der Waals surface area contributed by atoms with Gasteiger partial charge in [0.25, 0.3) is 0 Å². The van der Waals surface area contributed by atoms with Crippen molar-refractivity contribution in [2.45, 2.75) is 50.0 Å². The molecule has 2 rings (SSSR count). The molecule has 1 aromatic rings. The van der Waals surface area contributed by atoms with Crippen LogP contribution >= 0.6 is 11.3 Å².